The molecule has 1 unspecified atom stereocenters. The molecule has 0 amide bonds. The highest BCUT2D eigenvalue weighted by Crippen LogP contribution is 2.23. The lowest BCUT2D eigenvalue weighted by molar-refractivity contribution is 0.0964. The molecule has 1 aromatic rings. The topological polar surface area (TPSA) is 43.1 Å². The van der Waals surface area contributed by atoms with Gasteiger partial charge in [-0.1, -0.05) is 13.0 Å². The Bertz CT molecular complexity index is 409. The monoisotopic (exact) mass is 233 g/mol. The Balaban J connectivity index is 3.17. The van der Waals surface area contributed by atoms with Crippen molar-refractivity contribution >= 4 is 5.78 Å². The van der Waals surface area contributed by atoms with Crippen molar-refractivity contribution in [2.45, 2.75) is 41.0 Å². The van der Waals surface area contributed by atoms with E-state index in [0.29, 0.717) is 13.0 Å². The Morgan fingerprint density at radius 3 is 2.06 bits per heavy atom. The largest absolute Gasteiger partial charge is 0.330 e. The van der Waals surface area contributed by atoms with Crippen LogP contribution in [0.15, 0.2) is 6.07 Å². The summed E-state index contributed by atoms with van der Waals surface area (Å²) < 4.78 is 0. The van der Waals surface area contributed by atoms with Crippen LogP contribution in [-0.4, -0.2) is 12.3 Å². The second-order valence-corrected chi connectivity index (χ2v) is 5.10. The van der Waals surface area contributed by atoms with Gasteiger partial charge in [0.25, 0.3) is 0 Å². The number of hydrogen-bond acceptors (Lipinski definition) is 2. The molecule has 2 heteroatoms. The average molecular weight is 233 g/mol. The minimum absolute atomic E-state index is 0.227. The molecule has 0 saturated carbocycles. The first-order valence-electron chi connectivity index (χ1n) is 6.19. The molecule has 94 valence electrons. The van der Waals surface area contributed by atoms with Crippen molar-refractivity contribution in [2.75, 3.05) is 6.54 Å². The van der Waals surface area contributed by atoms with Gasteiger partial charge in [-0.25, -0.2) is 0 Å². The molecule has 0 fully saturated rings. The van der Waals surface area contributed by atoms with Crippen molar-refractivity contribution < 1.29 is 4.79 Å². The minimum Gasteiger partial charge on any atom is -0.330 e. The van der Waals surface area contributed by atoms with Gasteiger partial charge in [0.15, 0.2) is 5.78 Å². The number of nitrogens with two attached hydrogens (primary N) is 1. The zero-order valence-electron chi connectivity index (χ0n) is 11.6. The maximum atomic E-state index is 12.3. The van der Waals surface area contributed by atoms with Crippen LogP contribution in [0, 0.1) is 33.6 Å². The summed E-state index contributed by atoms with van der Waals surface area (Å²) >= 11 is 0. The van der Waals surface area contributed by atoms with Gasteiger partial charge in [0.2, 0.25) is 0 Å². The lowest BCUT2D eigenvalue weighted by Crippen LogP contribution is -2.17. The van der Waals surface area contributed by atoms with Crippen molar-refractivity contribution in [3.63, 3.8) is 0 Å². The van der Waals surface area contributed by atoms with E-state index in [0.717, 1.165) is 16.7 Å². The second kappa shape index (κ2) is 5.46. The van der Waals surface area contributed by atoms with Crippen LogP contribution in [0.5, 0.6) is 0 Å². The normalized spacial score (nSPS) is 12.6. The fourth-order valence-electron chi connectivity index (χ4n) is 2.14. The van der Waals surface area contributed by atoms with Crippen LogP contribution in [0.3, 0.4) is 0 Å². The fourth-order valence-corrected chi connectivity index (χ4v) is 2.14. The lowest BCUT2D eigenvalue weighted by Gasteiger charge is -2.15. The number of carbonyl (C=O) groups excluding carboxylic acids is 1. The summed E-state index contributed by atoms with van der Waals surface area (Å²) in [5.74, 6) is 0.479. The molecule has 0 radical (unpaired) electrons. The molecule has 0 bridgehead atoms. The molecule has 1 aromatic carbocycles. The summed E-state index contributed by atoms with van der Waals surface area (Å²) in [6.07, 6.45) is 0.543. The van der Waals surface area contributed by atoms with E-state index in [9.17, 15) is 4.79 Å². The third kappa shape index (κ3) is 2.95. The number of carbonyl (C=O) groups is 1. The average Bonchev–Trinajstić information content (AvgIpc) is 2.26. The first-order valence-corrected chi connectivity index (χ1v) is 6.19. The lowest BCUT2D eigenvalue weighted by atomic mass is 9.89. The number of rotatable bonds is 4. The summed E-state index contributed by atoms with van der Waals surface area (Å²) in [6, 6.07) is 2.15. The van der Waals surface area contributed by atoms with Gasteiger partial charge in [-0.2, -0.15) is 0 Å². The van der Waals surface area contributed by atoms with Crippen molar-refractivity contribution in [1.29, 1.82) is 0 Å². The number of benzene rings is 1. The summed E-state index contributed by atoms with van der Waals surface area (Å²) in [5.41, 5.74) is 11.1. The number of ketones is 1. The third-order valence-electron chi connectivity index (χ3n) is 3.58. The molecule has 1 rings (SSSR count). The van der Waals surface area contributed by atoms with E-state index < -0.39 is 0 Å². The van der Waals surface area contributed by atoms with Gasteiger partial charge in [-0.15, -0.1) is 0 Å². The molecular formula is C15H23NO. The molecule has 0 aliphatic carbocycles. The maximum absolute atomic E-state index is 12.3. The Labute approximate surface area is 104 Å². The van der Waals surface area contributed by atoms with Gasteiger partial charge in [0, 0.05) is 12.0 Å². The van der Waals surface area contributed by atoms with Crippen LogP contribution in [0.2, 0.25) is 0 Å². The highest BCUT2D eigenvalue weighted by molar-refractivity contribution is 5.99. The molecule has 0 aliphatic rings. The van der Waals surface area contributed by atoms with Gasteiger partial charge in [0.05, 0.1) is 0 Å². The molecule has 0 aliphatic heterocycles. The van der Waals surface area contributed by atoms with Crippen molar-refractivity contribution in [1.82, 2.24) is 0 Å². The van der Waals surface area contributed by atoms with E-state index in [1.54, 1.807) is 0 Å². The zero-order valence-corrected chi connectivity index (χ0v) is 11.6. The van der Waals surface area contributed by atoms with Crippen LogP contribution >= 0.6 is 0 Å². The van der Waals surface area contributed by atoms with Crippen LogP contribution in [0.4, 0.5) is 0 Å². The Morgan fingerprint density at radius 2 is 1.65 bits per heavy atom. The Kier molecular flexibility index (Phi) is 4.47. The number of hydrogen-bond donors (Lipinski definition) is 1. The third-order valence-corrected chi connectivity index (χ3v) is 3.58. The van der Waals surface area contributed by atoms with E-state index in [2.05, 4.69) is 19.9 Å². The van der Waals surface area contributed by atoms with Gasteiger partial charge >= 0.3 is 0 Å². The van der Waals surface area contributed by atoms with Gasteiger partial charge in [0.1, 0.15) is 0 Å². The molecule has 0 aromatic heterocycles. The zero-order chi connectivity index (χ0) is 13.2. The molecule has 1 atom stereocenters. The van der Waals surface area contributed by atoms with Gasteiger partial charge in [-0.3, -0.25) is 4.79 Å². The van der Waals surface area contributed by atoms with E-state index >= 15 is 0 Å². The summed E-state index contributed by atoms with van der Waals surface area (Å²) in [5, 5.41) is 0. The van der Waals surface area contributed by atoms with Crippen LogP contribution in [0.25, 0.3) is 0 Å². The summed E-state index contributed by atoms with van der Waals surface area (Å²) in [6.45, 7) is 10.8. The SMILES string of the molecule is Cc1cc(C)c(C)c(C(=O)CC(C)CN)c1C. The highest BCUT2D eigenvalue weighted by Gasteiger charge is 2.17. The van der Waals surface area contributed by atoms with Gasteiger partial charge < -0.3 is 5.73 Å². The smallest absolute Gasteiger partial charge is 0.163 e. The van der Waals surface area contributed by atoms with Gasteiger partial charge in [-0.05, 0) is 62.4 Å². The second-order valence-electron chi connectivity index (χ2n) is 5.10. The summed E-state index contributed by atoms with van der Waals surface area (Å²) in [4.78, 5) is 12.3. The van der Waals surface area contributed by atoms with Crippen molar-refractivity contribution in [2.24, 2.45) is 11.7 Å². The Morgan fingerprint density at radius 1 is 1.18 bits per heavy atom. The minimum atomic E-state index is 0.227. The fraction of sp³-hybridized carbons (Fsp3) is 0.533. The predicted molar refractivity (Wildman–Crippen MR) is 72.6 cm³/mol. The van der Waals surface area contributed by atoms with E-state index in [1.807, 2.05) is 20.8 Å². The summed E-state index contributed by atoms with van der Waals surface area (Å²) in [7, 11) is 0. The van der Waals surface area contributed by atoms with E-state index in [1.165, 1.54) is 11.1 Å². The molecule has 0 saturated heterocycles. The number of Topliss-reactive ketones (excluding diaryl/α,β-unsaturated/α-hetero) is 1. The van der Waals surface area contributed by atoms with Crippen molar-refractivity contribution in [3.05, 3.63) is 33.9 Å². The maximum Gasteiger partial charge on any atom is 0.163 e. The molecule has 2 nitrogen and oxygen atoms in total. The highest BCUT2D eigenvalue weighted by atomic mass is 16.1. The van der Waals surface area contributed by atoms with Crippen LogP contribution in [-0.2, 0) is 0 Å². The van der Waals surface area contributed by atoms with E-state index in [-0.39, 0.29) is 11.7 Å². The molecule has 17 heavy (non-hydrogen) atoms. The molecule has 0 heterocycles. The van der Waals surface area contributed by atoms with Crippen LogP contribution in [0.1, 0.15) is 46.0 Å². The first-order chi connectivity index (χ1) is 7.88. The quantitative estimate of drug-likeness (QED) is 0.812. The standard InChI is InChI=1S/C15H23NO/c1-9(8-16)6-14(17)15-12(4)10(2)7-11(3)13(15)5/h7,9H,6,8,16H2,1-5H3. The molecule has 0 spiro atoms. The van der Waals surface area contributed by atoms with Crippen LogP contribution < -0.4 is 5.73 Å². The Hall–Kier alpha value is -1.15. The first kappa shape index (κ1) is 13.9. The van der Waals surface area contributed by atoms with Crippen molar-refractivity contribution in [3.8, 4) is 0 Å². The molecule has 2 N–H and O–H groups in total. The predicted octanol–water partition coefficient (Wildman–Crippen LogP) is 3.09. The number of aryl methyl sites for hydroxylation is 2. The van der Waals surface area contributed by atoms with E-state index in [4.69, 9.17) is 5.73 Å². The molecular weight excluding hydrogens is 210 g/mol.